The number of thioether (sulfide) groups is 1. The topological polar surface area (TPSA) is 107 Å². The molecular formula is C29H25F2N7O2S. The van der Waals surface area contributed by atoms with Gasteiger partial charge in [-0.1, -0.05) is 18.2 Å². The van der Waals surface area contributed by atoms with E-state index in [1.54, 1.807) is 41.7 Å². The van der Waals surface area contributed by atoms with E-state index in [4.69, 9.17) is 19.8 Å². The van der Waals surface area contributed by atoms with Crippen LogP contribution in [0.15, 0.2) is 54.7 Å². The molecule has 1 amide bonds. The number of carbonyl (C=O) groups is 1. The highest BCUT2D eigenvalue weighted by molar-refractivity contribution is 7.98. The van der Waals surface area contributed by atoms with Gasteiger partial charge in [0.05, 0.1) is 24.4 Å². The minimum atomic E-state index is -0.706. The van der Waals surface area contributed by atoms with Gasteiger partial charge in [-0.15, -0.1) is 0 Å². The average Bonchev–Trinajstić information content (AvgIpc) is 3.56. The number of aromatic nitrogens is 5. The summed E-state index contributed by atoms with van der Waals surface area (Å²) in [6.07, 6.45) is 1.60. The van der Waals surface area contributed by atoms with Gasteiger partial charge >= 0.3 is 0 Å². The minimum absolute atomic E-state index is 0.116. The Morgan fingerprint density at radius 2 is 1.90 bits per heavy atom. The fourth-order valence-electron chi connectivity index (χ4n) is 4.70. The van der Waals surface area contributed by atoms with Crippen LogP contribution in [0.5, 0.6) is 5.75 Å². The van der Waals surface area contributed by atoms with Gasteiger partial charge in [-0.25, -0.2) is 23.7 Å². The number of anilines is 3. The van der Waals surface area contributed by atoms with Gasteiger partial charge in [0, 0.05) is 65.0 Å². The molecule has 1 aliphatic heterocycles. The van der Waals surface area contributed by atoms with Crippen LogP contribution in [0.3, 0.4) is 0 Å². The summed E-state index contributed by atoms with van der Waals surface area (Å²) in [5.74, 6) is 1.40. The third-order valence-corrected chi connectivity index (χ3v) is 7.48. The lowest BCUT2D eigenvalue weighted by Gasteiger charge is -2.12. The van der Waals surface area contributed by atoms with Crippen molar-refractivity contribution >= 4 is 45.9 Å². The molecule has 0 bridgehead atoms. The monoisotopic (exact) mass is 573 g/mol. The number of hydrogen-bond acceptors (Lipinski definition) is 8. The van der Waals surface area contributed by atoms with E-state index in [0.717, 1.165) is 22.4 Å². The molecule has 1 aliphatic rings. The van der Waals surface area contributed by atoms with Gasteiger partial charge in [-0.2, -0.15) is 16.9 Å². The van der Waals surface area contributed by atoms with Gasteiger partial charge in [-0.3, -0.25) is 9.48 Å². The standard InChI is InChI=1S/C29H25F2N7O2S/c1-3-40-18-11-22(30)20(23(31)12-18)13-38-25-7-5-4-6-19(25)27(37-38)29-35-24-15-41-14-21(24)28(36-29)34-17-8-9-32-26(10-17)33-16(2)39/h4-12H,3,13-15H2,1-2H3,(H2,32,33,34,35,36,39). The number of nitrogens with one attached hydrogen (secondary N) is 2. The summed E-state index contributed by atoms with van der Waals surface area (Å²) in [5.41, 5.74) is 3.65. The summed E-state index contributed by atoms with van der Waals surface area (Å²) in [6, 6.07) is 13.3. The molecular weight excluding hydrogens is 548 g/mol. The van der Waals surface area contributed by atoms with Gasteiger partial charge in [0.25, 0.3) is 0 Å². The van der Waals surface area contributed by atoms with Crippen LogP contribution >= 0.6 is 11.8 Å². The van der Waals surface area contributed by atoms with Crippen molar-refractivity contribution in [3.63, 3.8) is 0 Å². The Hall–Kier alpha value is -4.58. The number of benzene rings is 2. The van der Waals surface area contributed by atoms with Crippen LogP contribution in [0.25, 0.3) is 22.4 Å². The molecule has 0 atom stereocenters. The summed E-state index contributed by atoms with van der Waals surface area (Å²) in [5, 5.41) is 11.5. The highest BCUT2D eigenvalue weighted by atomic mass is 32.2. The van der Waals surface area contributed by atoms with E-state index in [2.05, 4.69) is 15.6 Å². The summed E-state index contributed by atoms with van der Waals surface area (Å²) >= 11 is 1.73. The Labute approximate surface area is 238 Å². The first kappa shape index (κ1) is 26.6. The Morgan fingerprint density at radius 1 is 1.10 bits per heavy atom. The second kappa shape index (κ2) is 11.1. The maximum Gasteiger partial charge on any atom is 0.222 e. The van der Waals surface area contributed by atoms with Crippen LogP contribution in [0.1, 0.15) is 30.7 Å². The molecule has 9 nitrogen and oxygen atoms in total. The molecule has 5 aromatic rings. The molecule has 2 N–H and O–H groups in total. The number of amides is 1. The summed E-state index contributed by atoms with van der Waals surface area (Å²) in [6.45, 7) is 3.35. The van der Waals surface area contributed by atoms with E-state index in [1.807, 2.05) is 24.3 Å². The summed E-state index contributed by atoms with van der Waals surface area (Å²) in [4.78, 5) is 25.4. The maximum absolute atomic E-state index is 14.9. The Balaban J connectivity index is 1.40. The molecule has 2 aromatic carbocycles. The lowest BCUT2D eigenvalue weighted by Crippen LogP contribution is -2.09. The molecule has 3 aromatic heterocycles. The summed E-state index contributed by atoms with van der Waals surface area (Å²) in [7, 11) is 0. The van der Waals surface area contributed by atoms with Crippen molar-refractivity contribution in [2.45, 2.75) is 31.9 Å². The van der Waals surface area contributed by atoms with Crippen LogP contribution in [-0.4, -0.2) is 37.2 Å². The molecule has 4 heterocycles. The van der Waals surface area contributed by atoms with Crippen molar-refractivity contribution in [2.75, 3.05) is 17.2 Å². The van der Waals surface area contributed by atoms with Crippen molar-refractivity contribution < 1.29 is 18.3 Å². The van der Waals surface area contributed by atoms with Crippen molar-refractivity contribution in [2.24, 2.45) is 0 Å². The van der Waals surface area contributed by atoms with E-state index in [-0.39, 0.29) is 23.8 Å². The van der Waals surface area contributed by atoms with E-state index >= 15 is 0 Å². The van der Waals surface area contributed by atoms with Gasteiger partial charge in [0.2, 0.25) is 5.91 Å². The molecule has 6 rings (SSSR count). The largest absolute Gasteiger partial charge is 0.494 e. The number of ether oxygens (including phenoxy) is 1. The normalized spacial score (nSPS) is 12.4. The number of hydrogen-bond donors (Lipinski definition) is 2. The zero-order valence-corrected chi connectivity index (χ0v) is 23.1. The zero-order valence-electron chi connectivity index (χ0n) is 22.2. The van der Waals surface area contributed by atoms with Crippen molar-refractivity contribution in [1.29, 1.82) is 0 Å². The number of halogens is 2. The molecule has 41 heavy (non-hydrogen) atoms. The van der Waals surface area contributed by atoms with Gasteiger partial charge < -0.3 is 15.4 Å². The van der Waals surface area contributed by atoms with Gasteiger partial charge in [-0.05, 0) is 19.1 Å². The average molecular weight is 574 g/mol. The molecule has 208 valence electrons. The van der Waals surface area contributed by atoms with E-state index in [0.29, 0.717) is 46.7 Å². The Bertz CT molecular complexity index is 1770. The molecule has 0 radical (unpaired) electrons. The Kier molecular flexibility index (Phi) is 7.23. The molecule has 12 heteroatoms. The predicted molar refractivity (Wildman–Crippen MR) is 154 cm³/mol. The van der Waals surface area contributed by atoms with E-state index in [1.165, 1.54) is 19.1 Å². The number of fused-ring (bicyclic) bond motifs is 2. The fourth-order valence-corrected chi connectivity index (χ4v) is 5.74. The quantitative estimate of drug-likeness (QED) is 0.231. The van der Waals surface area contributed by atoms with Crippen LogP contribution in [0, 0.1) is 11.6 Å². The number of nitrogens with zero attached hydrogens (tertiary/aromatic N) is 5. The first-order valence-electron chi connectivity index (χ1n) is 12.9. The number of pyridine rings is 1. The SMILES string of the molecule is CCOc1cc(F)c(Cn2nc(-c3nc4c(c(Nc5ccnc(NC(C)=O)c5)n3)CSC4)c3ccccc32)c(F)c1. The second-order valence-electron chi connectivity index (χ2n) is 9.37. The van der Waals surface area contributed by atoms with E-state index < -0.39 is 11.6 Å². The molecule has 0 unspecified atom stereocenters. The fraction of sp³-hybridized carbons (Fsp3) is 0.207. The third-order valence-electron chi connectivity index (χ3n) is 6.51. The first-order chi connectivity index (χ1) is 19.9. The van der Waals surface area contributed by atoms with Crippen molar-refractivity contribution in [1.82, 2.24) is 24.7 Å². The molecule has 0 saturated carbocycles. The van der Waals surface area contributed by atoms with Gasteiger partial charge in [0.15, 0.2) is 5.82 Å². The number of carbonyl (C=O) groups excluding carboxylic acids is 1. The van der Waals surface area contributed by atoms with Crippen molar-refractivity contribution in [3.05, 3.63) is 83.2 Å². The van der Waals surface area contributed by atoms with Crippen LogP contribution in [-0.2, 0) is 22.8 Å². The van der Waals surface area contributed by atoms with Crippen LogP contribution in [0.2, 0.25) is 0 Å². The van der Waals surface area contributed by atoms with Crippen LogP contribution < -0.4 is 15.4 Å². The van der Waals surface area contributed by atoms with E-state index in [9.17, 15) is 13.6 Å². The third kappa shape index (κ3) is 5.42. The molecule has 0 saturated heterocycles. The lowest BCUT2D eigenvalue weighted by atomic mass is 10.1. The molecule has 0 spiro atoms. The summed E-state index contributed by atoms with van der Waals surface area (Å²) < 4.78 is 36.7. The second-order valence-corrected chi connectivity index (χ2v) is 10.4. The minimum Gasteiger partial charge on any atom is -0.494 e. The number of rotatable bonds is 8. The van der Waals surface area contributed by atoms with Crippen molar-refractivity contribution in [3.8, 4) is 17.3 Å². The number of para-hydroxylation sites is 1. The molecule has 0 fully saturated rings. The smallest absolute Gasteiger partial charge is 0.222 e. The highest BCUT2D eigenvalue weighted by Gasteiger charge is 2.24. The highest BCUT2D eigenvalue weighted by Crippen LogP contribution is 2.37. The molecule has 0 aliphatic carbocycles. The maximum atomic E-state index is 14.9. The Morgan fingerprint density at radius 3 is 2.68 bits per heavy atom. The van der Waals surface area contributed by atoms with Gasteiger partial charge in [0.1, 0.15) is 34.7 Å². The first-order valence-corrected chi connectivity index (χ1v) is 14.1. The predicted octanol–water partition coefficient (Wildman–Crippen LogP) is 6.06. The zero-order chi connectivity index (χ0) is 28.5. The van der Waals surface area contributed by atoms with Crippen LogP contribution in [0.4, 0.5) is 26.1 Å². The lowest BCUT2D eigenvalue weighted by molar-refractivity contribution is -0.114.